The lowest BCUT2D eigenvalue weighted by Crippen LogP contribution is -2.15. The summed E-state index contributed by atoms with van der Waals surface area (Å²) in [7, 11) is 0. The molecule has 2 heterocycles. The Bertz CT molecular complexity index is 1280. The van der Waals surface area contributed by atoms with Gasteiger partial charge in [0.2, 0.25) is 5.91 Å². The van der Waals surface area contributed by atoms with Crippen LogP contribution in [0.2, 0.25) is 0 Å². The summed E-state index contributed by atoms with van der Waals surface area (Å²) >= 11 is 0. The predicted octanol–water partition coefficient (Wildman–Crippen LogP) is 4.04. The van der Waals surface area contributed by atoms with E-state index in [2.05, 4.69) is 22.4 Å². The summed E-state index contributed by atoms with van der Waals surface area (Å²) in [6, 6.07) is 17.6. The first-order valence-corrected chi connectivity index (χ1v) is 11.4. The van der Waals surface area contributed by atoms with Crippen molar-refractivity contribution in [2.45, 2.75) is 44.9 Å². The third-order valence-electron chi connectivity index (χ3n) is 5.96. The smallest absolute Gasteiger partial charge is 0.268 e. The molecule has 0 bridgehead atoms. The first-order valence-electron chi connectivity index (χ1n) is 11.4. The molecule has 0 aliphatic rings. The minimum absolute atomic E-state index is 0.0343. The fourth-order valence-corrected chi connectivity index (χ4v) is 4.05. The van der Waals surface area contributed by atoms with E-state index in [1.807, 2.05) is 55.6 Å². The molecule has 0 aliphatic heterocycles. The van der Waals surface area contributed by atoms with Gasteiger partial charge in [-0.2, -0.15) is 0 Å². The number of nitrogens with one attached hydrogen (secondary N) is 1. The molecule has 4 rings (SSSR count). The lowest BCUT2D eigenvalue weighted by atomic mass is 10.1. The number of aryl methyl sites for hydroxylation is 1. The molecule has 0 radical (unpaired) electrons. The van der Waals surface area contributed by atoms with Crippen molar-refractivity contribution in [3.05, 3.63) is 84.6 Å². The maximum atomic E-state index is 12.4. The van der Waals surface area contributed by atoms with Crippen LogP contribution in [0.5, 0.6) is 0 Å². The Morgan fingerprint density at radius 1 is 1.15 bits per heavy atom. The molecule has 2 atom stereocenters. The third kappa shape index (κ3) is 5.52. The molecule has 2 amide bonds. The standard InChI is InChI=1S/C26H29N5O3/c1-18(30-16-22(26(27)34)28-17-30)14-25(33)31-13-12-20-10-11-21(15-23(20)31)29-24(32)9-5-8-19-6-3-2-4-7-19/h2-4,6-7,10-13,15-18,25,33H,5,8-9,14H2,1H3,(H2,27,34)(H,29,32). The molecule has 2 aromatic heterocycles. The number of nitrogens with two attached hydrogens (primary N) is 1. The average molecular weight is 460 g/mol. The number of anilines is 1. The third-order valence-corrected chi connectivity index (χ3v) is 5.96. The van der Waals surface area contributed by atoms with Gasteiger partial charge in [-0.15, -0.1) is 0 Å². The molecular weight excluding hydrogens is 430 g/mol. The predicted molar refractivity (Wildman–Crippen MR) is 131 cm³/mol. The highest BCUT2D eigenvalue weighted by Crippen LogP contribution is 2.27. The number of hydrogen-bond acceptors (Lipinski definition) is 4. The van der Waals surface area contributed by atoms with E-state index >= 15 is 0 Å². The second kappa shape index (κ2) is 10.4. The molecule has 4 aromatic rings. The SMILES string of the molecule is CC(CC(O)n1ccc2ccc(NC(=O)CCCc3ccccc3)cc21)n1cnc(C(N)=O)c1. The van der Waals surface area contributed by atoms with Crippen molar-refractivity contribution in [3.8, 4) is 0 Å². The van der Waals surface area contributed by atoms with Crippen molar-refractivity contribution in [3.63, 3.8) is 0 Å². The molecule has 176 valence electrons. The van der Waals surface area contributed by atoms with Crippen molar-refractivity contribution in [1.29, 1.82) is 0 Å². The lowest BCUT2D eigenvalue weighted by Gasteiger charge is -2.20. The number of aliphatic hydroxyl groups excluding tert-OH is 1. The van der Waals surface area contributed by atoms with Crippen LogP contribution in [0.1, 0.15) is 54.5 Å². The van der Waals surface area contributed by atoms with Crippen molar-refractivity contribution < 1.29 is 14.7 Å². The van der Waals surface area contributed by atoms with Gasteiger partial charge in [0.25, 0.3) is 5.91 Å². The maximum absolute atomic E-state index is 12.4. The van der Waals surface area contributed by atoms with Gasteiger partial charge in [-0.25, -0.2) is 4.98 Å². The van der Waals surface area contributed by atoms with Gasteiger partial charge in [-0.3, -0.25) is 9.59 Å². The van der Waals surface area contributed by atoms with E-state index in [0.29, 0.717) is 18.5 Å². The molecule has 0 fully saturated rings. The van der Waals surface area contributed by atoms with E-state index in [0.717, 1.165) is 23.7 Å². The van der Waals surface area contributed by atoms with Crippen LogP contribution in [-0.4, -0.2) is 31.0 Å². The van der Waals surface area contributed by atoms with Crippen LogP contribution in [0.25, 0.3) is 10.9 Å². The Kier molecular flexibility index (Phi) is 7.08. The number of fused-ring (bicyclic) bond motifs is 1. The number of carbonyl (C=O) groups is 2. The number of aliphatic hydroxyl groups is 1. The van der Waals surface area contributed by atoms with Crippen LogP contribution in [0.4, 0.5) is 5.69 Å². The number of nitrogens with zero attached hydrogens (tertiary/aromatic N) is 3. The molecule has 8 heteroatoms. The molecule has 0 saturated heterocycles. The largest absolute Gasteiger partial charge is 0.373 e. The van der Waals surface area contributed by atoms with Gasteiger partial charge in [0.15, 0.2) is 0 Å². The minimum atomic E-state index is -0.802. The van der Waals surface area contributed by atoms with Crippen LogP contribution in [-0.2, 0) is 11.2 Å². The zero-order valence-corrected chi connectivity index (χ0v) is 19.1. The maximum Gasteiger partial charge on any atom is 0.268 e. The van der Waals surface area contributed by atoms with Gasteiger partial charge in [-0.05, 0) is 48.9 Å². The van der Waals surface area contributed by atoms with Crippen molar-refractivity contribution in [2.75, 3.05) is 5.32 Å². The summed E-state index contributed by atoms with van der Waals surface area (Å²) in [5, 5.41) is 14.8. The zero-order valence-electron chi connectivity index (χ0n) is 19.1. The highest BCUT2D eigenvalue weighted by molar-refractivity contribution is 5.93. The fraction of sp³-hybridized carbons (Fsp3) is 0.269. The van der Waals surface area contributed by atoms with Crippen LogP contribution < -0.4 is 11.1 Å². The molecule has 0 spiro atoms. The molecule has 0 aliphatic carbocycles. The summed E-state index contributed by atoms with van der Waals surface area (Å²) in [4.78, 5) is 27.7. The zero-order chi connectivity index (χ0) is 24.1. The summed E-state index contributed by atoms with van der Waals surface area (Å²) in [6.45, 7) is 1.93. The second-order valence-corrected chi connectivity index (χ2v) is 8.52. The van der Waals surface area contributed by atoms with E-state index in [1.165, 1.54) is 11.9 Å². The van der Waals surface area contributed by atoms with E-state index < -0.39 is 12.1 Å². The Morgan fingerprint density at radius 3 is 2.68 bits per heavy atom. The monoisotopic (exact) mass is 459 g/mol. The first kappa shape index (κ1) is 23.3. The summed E-state index contributed by atoms with van der Waals surface area (Å²) in [6.07, 6.45) is 6.62. The number of rotatable bonds is 10. The summed E-state index contributed by atoms with van der Waals surface area (Å²) < 4.78 is 3.54. The molecule has 0 saturated carbocycles. The minimum Gasteiger partial charge on any atom is -0.373 e. The normalized spacial score (nSPS) is 13.0. The van der Waals surface area contributed by atoms with Gasteiger partial charge in [0, 0.05) is 37.0 Å². The Labute approximate surface area is 198 Å². The van der Waals surface area contributed by atoms with Crippen LogP contribution >= 0.6 is 0 Å². The van der Waals surface area contributed by atoms with E-state index in [9.17, 15) is 14.7 Å². The molecule has 2 aromatic carbocycles. The Balaban J connectivity index is 1.39. The van der Waals surface area contributed by atoms with Gasteiger partial charge >= 0.3 is 0 Å². The number of amides is 2. The van der Waals surface area contributed by atoms with Crippen LogP contribution in [0, 0.1) is 0 Å². The Morgan fingerprint density at radius 2 is 1.94 bits per heavy atom. The topological polar surface area (TPSA) is 115 Å². The lowest BCUT2D eigenvalue weighted by molar-refractivity contribution is -0.116. The number of carbonyl (C=O) groups excluding carboxylic acids is 2. The molecule has 2 unspecified atom stereocenters. The van der Waals surface area contributed by atoms with E-state index in [-0.39, 0.29) is 17.6 Å². The first-order chi connectivity index (χ1) is 16.4. The summed E-state index contributed by atoms with van der Waals surface area (Å²) in [5.41, 5.74) is 8.20. The number of hydrogen-bond donors (Lipinski definition) is 3. The van der Waals surface area contributed by atoms with Crippen LogP contribution in [0.15, 0.2) is 73.3 Å². The average Bonchev–Trinajstić information content (AvgIpc) is 3.47. The number of imidazole rings is 1. The summed E-state index contributed by atoms with van der Waals surface area (Å²) in [5.74, 6) is -0.620. The number of primary amides is 1. The van der Waals surface area contributed by atoms with Gasteiger partial charge in [0.05, 0.1) is 11.8 Å². The second-order valence-electron chi connectivity index (χ2n) is 8.52. The number of benzene rings is 2. The Hall–Kier alpha value is -3.91. The van der Waals surface area contributed by atoms with Gasteiger partial charge < -0.3 is 25.3 Å². The molecule has 34 heavy (non-hydrogen) atoms. The van der Waals surface area contributed by atoms with Crippen molar-refractivity contribution >= 4 is 28.4 Å². The fourth-order valence-electron chi connectivity index (χ4n) is 4.05. The number of aromatic nitrogens is 3. The molecule has 8 nitrogen and oxygen atoms in total. The highest BCUT2D eigenvalue weighted by atomic mass is 16.3. The van der Waals surface area contributed by atoms with Crippen LogP contribution in [0.3, 0.4) is 0 Å². The molecular formula is C26H29N5O3. The van der Waals surface area contributed by atoms with Crippen molar-refractivity contribution in [1.82, 2.24) is 14.1 Å². The quantitative estimate of drug-likeness (QED) is 0.332. The van der Waals surface area contributed by atoms with Crippen molar-refractivity contribution in [2.24, 2.45) is 5.73 Å². The highest BCUT2D eigenvalue weighted by Gasteiger charge is 2.17. The molecule has 4 N–H and O–H groups in total. The van der Waals surface area contributed by atoms with Gasteiger partial charge in [-0.1, -0.05) is 36.4 Å². The van der Waals surface area contributed by atoms with Gasteiger partial charge in [0.1, 0.15) is 11.9 Å². The van der Waals surface area contributed by atoms with E-state index in [1.54, 1.807) is 15.3 Å². The van der Waals surface area contributed by atoms with E-state index in [4.69, 9.17) is 5.73 Å².